The minimum atomic E-state index is -3.49. The zero-order valence-electron chi connectivity index (χ0n) is 12.4. The van der Waals surface area contributed by atoms with Gasteiger partial charge in [0.2, 0.25) is 10.0 Å². The van der Waals surface area contributed by atoms with E-state index < -0.39 is 10.0 Å². The number of hydrogen-bond donors (Lipinski definition) is 1. The maximum absolute atomic E-state index is 12.6. The first kappa shape index (κ1) is 16.1. The SMILES string of the molecule is O=S(=O)(c1ccc(Cl)cc1)N1CCN(c2cccc(O)c2)CC1. The third-order valence-corrected chi connectivity index (χ3v) is 6.05. The number of rotatable bonds is 3. The van der Waals surface area contributed by atoms with Crippen LogP contribution in [-0.4, -0.2) is 44.0 Å². The molecule has 0 bridgehead atoms. The zero-order valence-corrected chi connectivity index (χ0v) is 14.0. The maximum Gasteiger partial charge on any atom is 0.243 e. The lowest BCUT2D eigenvalue weighted by molar-refractivity contribution is 0.384. The Morgan fingerprint density at radius 3 is 2.22 bits per heavy atom. The second-order valence-electron chi connectivity index (χ2n) is 5.36. The number of hydrogen-bond acceptors (Lipinski definition) is 4. The lowest BCUT2D eigenvalue weighted by atomic mass is 10.2. The molecule has 2 aromatic rings. The highest BCUT2D eigenvalue weighted by Crippen LogP contribution is 2.24. The highest BCUT2D eigenvalue weighted by atomic mass is 35.5. The molecule has 0 aromatic heterocycles. The predicted molar refractivity (Wildman–Crippen MR) is 90.5 cm³/mol. The number of phenols is 1. The summed E-state index contributed by atoms with van der Waals surface area (Å²) in [6, 6.07) is 13.2. The summed E-state index contributed by atoms with van der Waals surface area (Å²) in [5.41, 5.74) is 0.897. The van der Waals surface area contributed by atoms with E-state index in [1.165, 1.54) is 16.4 Å². The monoisotopic (exact) mass is 352 g/mol. The van der Waals surface area contributed by atoms with Gasteiger partial charge in [-0.1, -0.05) is 17.7 Å². The van der Waals surface area contributed by atoms with Crippen molar-refractivity contribution in [2.45, 2.75) is 4.90 Å². The first-order valence-electron chi connectivity index (χ1n) is 7.26. The van der Waals surface area contributed by atoms with Crippen LogP contribution < -0.4 is 4.90 Å². The van der Waals surface area contributed by atoms with E-state index in [0.717, 1.165) is 5.69 Å². The number of piperazine rings is 1. The molecule has 2 aromatic carbocycles. The normalized spacial score (nSPS) is 16.5. The molecule has 5 nitrogen and oxygen atoms in total. The number of sulfonamides is 1. The topological polar surface area (TPSA) is 60.9 Å². The second kappa shape index (κ2) is 6.39. The van der Waals surface area contributed by atoms with Crippen molar-refractivity contribution in [2.75, 3.05) is 31.1 Å². The van der Waals surface area contributed by atoms with E-state index in [0.29, 0.717) is 31.2 Å². The van der Waals surface area contributed by atoms with Crippen LogP contribution in [0.1, 0.15) is 0 Å². The first-order chi connectivity index (χ1) is 11.0. The molecule has 0 radical (unpaired) electrons. The molecule has 1 saturated heterocycles. The van der Waals surface area contributed by atoms with Gasteiger partial charge in [0.25, 0.3) is 0 Å². The maximum atomic E-state index is 12.6. The van der Waals surface area contributed by atoms with E-state index in [1.807, 2.05) is 6.07 Å². The predicted octanol–water partition coefficient (Wildman–Crippen LogP) is 2.56. The Morgan fingerprint density at radius 2 is 1.61 bits per heavy atom. The van der Waals surface area contributed by atoms with Crippen molar-refractivity contribution >= 4 is 27.3 Å². The van der Waals surface area contributed by atoms with Gasteiger partial charge in [0.1, 0.15) is 5.75 Å². The number of aromatic hydroxyl groups is 1. The quantitative estimate of drug-likeness (QED) is 0.922. The van der Waals surface area contributed by atoms with Crippen LogP contribution in [0.25, 0.3) is 0 Å². The van der Waals surface area contributed by atoms with Crippen LogP contribution in [0.5, 0.6) is 5.75 Å². The third kappa shape index (κ3) is 3.44. The first-order valence-corrected chi connectivity index (χ1v) is 9.08. The van der Waals surface area contributed by atoms with Crippen molar-refractivity contribution in [2.24, 2.45) is 0 Å². The molecule has 0 unspecified atom stereocenters. The summed E-state index contributed by atoms with van der Waals surface area (Å²) < 4.78 is 26.7. The molecule has 23 heavy (non-hydrogen) atoms. The fourth-order valence-corrected chi connectivity index (χ4v) is 4.18. The Hall–Kier alpha value is -1.76. The summed E-state index contributed by atoms with van der Waals surface area (Å²) in [4.78, 5) is 2.32. The summed E-state index contributed by atoms with van der Waals surface area (Å²) in [7, 11) is -3.49. The Balaban J connectivity index is 1.72. The van der Waals surface area contributed by atoms with Gasteiger partial charge in [0, 0.05) is 43.0 Å². The molecule has 0 aliphatic carbocycles. The van der Waals surface area contributed by atoms with Crippen LogP contribution in [-0.2, 0) is 10.0 Å². The number of halogens is 1. The van der Waals surface area contributed by atoms with Crippen LogP contribution in [0.2, 0.25) is 5.02 Å². The van der Waals surface area contributed by atoms with Crippen molar-refractivity contribution in [3.05, 3.63) is 53.6 Å². The van der Waals surface area contributed by atoms with Crippen molar-refractivity contribution in [1.82, 2.24) is 4.31 Å². The Morgan fingerprint density at radius 1 is 0.957 bits per heavy atom. The molecule has 0 spiro atoms. The van der Waals surface area contributed by atoms with Crippen LogP contribution in [0.4, 0.5) is 5.69 Å². The molecule has 1 N–H and O–H groups in total. The average molecular weight is 353 g/mol. The minimum absolute atomic E-state index is 0.207. The fourth-order valence-electron chi connectivity index (χ4n) is 2.63. The van der Waals surface area contributed by atoms with Gasteiger partial charge >= 0.3 is 0 Å². The Kier molecular flexibility index (Phi) is 4.48. The van der Waals surface area contributed by atoms with Crippen LogP contribution in [0.3, 0.4) is 0 Å². The van der Waals surface area contributed by atoms with Gasteiger partial charge in [-0.3, -0.25) is 0 Å². The van der Waals surface area contributed by atoms with E-state index in [4.69, 9.17) is 11.6 Å². The Bertz CT molecular complexity index is 785. The summed E-state index contributed by atoms with van der Waals surface area (Å²) in [6.45, 7) is 1.97. The molecule has 0 amide bonds. The van der Waals surface area contributed by atoms with Gasteiger partial charge in [0.15, 0.2) is 0 Å². The van der Waals surface area contributed by atoms with Crippen molar-refractivity contribution in [3.63, 3.8) is 0 Å². The van der Waals surface area contributed by atoms with Crippen LogP contribution >= 0.6 is 11.6 Å². The lowest BCUT2D eigenvalue weighted by Crippen LogP contribution is -2.48. The molecule has 1 aliphatic rings. The molecule has 1 fully saturated rings. The average Bonchev–Trinajstić information content (AvgIpc) is 2.55. The highest BCUT2D eigenvalue weighted by molar-refractivity contribution is 7.89. The van der Waals surface area contributed by atoms with E-state index in [9.17, 15) is 13.5 Å². The van der Waals surface area contributed by atoms with Crippen molar-refractivity contribution in [1.29, 1.82) is 0 Å². The van der Waals surface area contributed by atoms with Crippen LogP contribution in [0.15, 0.2) is 53.4 Å². The molecular formula is C16H17ClN2O3S. The standard InChI is InChI=1S/C16H17ClN2O3S/c17-13-4-6-16(7-5-13)23(21,22)19-10-8-18(9-11-19)14-2-1-3-15(20)12-14/h1-7,12,20H,8-11H2. The van der Waals surface area contributed by atoms with Crippen LogP contribution in [0, 0.1) is 0 Å². The van der Waals surface area contributed by atoms with Gasteiger partial charge in [-0.05, 0) is 36.4 Å². The number of benzene rings is 2. The number of phenolic OH excluding ortho intramolecular Hbond substituents is 1. The molecule has 1 heterocycles. The molecule has 3 rings (SSSR count). The van der Waals surface area contributed by atoms with E-state index in [1.54, 1.807) is 30.3 Å². The lowest BCUT2D eigenvalue weighted by Gasteiger charge is -2.35. The van der Waals surface area contributed by atoms with Gasteiger partial charge in [0.05, 0.1) is 4.90 Å². The molecule has 0 atom stereocenters. The van der Waals surface area contributed by atoms with Crippen molar-refractivity contribution in [3.8, 4) is 5.75 Å². The Labute approximate surface area is 140 Å². The summed E-state index contributed by atoms with van der Waals surface area (Å²) in [5.74, 6) is 0.207. The summed E-state index contributed by atoms with van der Waals surface area (Å²) in [5, 5.41) is 10.1. The largest absolute Gasteiger partial charge is 0.508 e. The number of nitrogens with zero attached hydrogens (tertiary/aromatic N) is 2. The second-order valence-corrected chi connectivity index (χ2v) is 7.74. The molecule has 122 valence electrons. The van der Waals surface area contributed by atoms with Crippen molar-refractivity contribution < 1.29 is 13.5 Å². The third-order valence-electron chi connectivity index (χ3n) is 3.88. The minimum Gasteiger partial charge on any atom is -0.508 e. The molecule has 1 aliphatic heterocycles. The highest BCUT2D eigenvalue weighted by Gasteiger charge is 2.28. The van der Waals surface area contributed by atoms with E-state index in [2.05, 4.69) is 4.90 Å². The molecular weight excluding hydrogens is 336 g/mol. The zero-order chi connectivity index (χ0) is 16.4. The smallest absolute Gasteiger partial charge is 0.243 e. The molecule has 7 heteroatoms. The summed E-state index contributed by atoms with van der Waals surface area (Å²) in [6.07, 6.45) is 0. The molecule has 0 saturated carbocycles. The van der Waals surface area contributed by atoms with E-state index >= 15 is 0 Å². The van der Waals surface area contributed by atoms with Gasteiger partial charge in [-0.15, -0.1) is 0 Å². The fraction of sp³-hybridized carbons (Fsp3) is 0.250. The van der Waals surface area contributed by atoms with E-state index in [-0.39, 0.29) is 10.6 Å². The van der Waals surface area contributed by atoms with Gasteiger partial charge in [-0.25, -0.2) is 8.42 Å². The van der Waals surface area contributed by atoms with Gasteiger partial charge in [-0.2, -0.15) is 4.31 Å². The van der Waals surface area contributed by atoms with Gasteiger partial charge < -0.3 is 10.0 Å². The number of anilines is 1. The summed E-state index contributed by atoms with van der Waals surface area (Å²) >= 11 is 5.81.